The molecule has 0 unspecified atom stereocenters. The molecule has 6 nitrogen and oxygen atoms in total. The van der Waals surface area contributed by atoms with Gasteiger partial charge in [-0.3, -0.25) is 4.98 Å². The molecule has 0 amide bonds. The highest BCUT2D eigenvalue weighted by Crippen LogP contribution is 2.50. The van der Waals surface area contributed by atoms with Crippen LogP contribution in [0.4, 0.5) is 0 Å². The second-order valence-electron chi connectivity index (χ2n) is 10.5. The average molecular weight is 471 g/mol. The molecule has 6 heteroatoms. The van der Waals surface area contributed by atoms with E-state index in [9.17, 15) is 10.2 Å². The fraction of sp³-hybridized carbons (Fsp3) is 0.414. The molecule has 3 aromatic rings. The number of aromatic nitrogens is 3. The van der Waals surface area contributed by atoms with Gasteiger partial charge in [-0.1, -0.05) is 56.9 Å². The lowest BCUT2D eigenvalue weighted by atomic mass is 9.62. The molecule has 2 aromatic heterocycles. The third-order valence-electron chi connectivity index (χ3n) is 7.02. The highest BCUT2D eigenvalue weighted by Gasteiger charge is 2.55. The van der Waals surface area contributed by atoms with Crippen molar-refractivity contribution in [3.63, 3.8) is 0 Å². The Morgan fingerprint density at radius 1 is 1.03 bits per heavy atom. The van der Waals surface area contributed by atoms with E-state index in [0.717, 1.165) is 24.3 Å². The number of pyridine rings is 1. The molecule has 1 aliphatic rings. The maximum absolute atomic E-state index is 12.4. The Morgan fingerprint density at radius 2 is 1.71 bits per heavy atom. The van der Waals surface area contributed by atoms with Crippen molar-refractivity contribution >= 4 is 0 Å². The summed E-state index contributed by atoms with van der Waals surface area (Å²) in [6, 6.07) is 11.8. The van der Waals surface area contributed by atoms with Gasteiger partial charge in [0.05, 0.1) is 5.69 Å². The summed E-state index contributed by atoms with van der Waals surface area (Å²) in [5.74, 6) is 6.37. The molecule has 0 aliphatic carbocycles. The number of benzene rings is 1. The van der Waals surface area contributed by atoms with Crippen LogP contribution in [0.15, 0.2) is 55.1 Å². The first-order valence-electron chi connectivity index (χ1n) is 12.0. The van der Waals surface area contributed by atoms with Crippen LogP contribution in [0.3, 0.4) is 0 Å². The maximum Gasteiger partial charge on any atom is 0.165 e. The van der Waals surface area contributed by atoms with Crippen LogP contribution in [0.5, 0.6) is 0 Å². The van der Waals surface area contributed by atoms with Crippen molar-refractivity contribution in [3.8, 4) is 11.8 Å². The average Bonchev–Trinajstić information content (AvgIpc) is 2.81. The van der Waals surface area contributed by atoms with Gasteiger partial charge in [-0.15, -0.1) is 0 Å². The number of nitrogens with zero attached hydrogens (tertiary/aromatic N) is 4. The third kappa shape index (κ3) is 4.72. The molecule has 2 N–H and O–H groups in total. The Labute approximate surface area is 208 Å². The monoisotopic (exact) mass is 470 g/mol. The molecule has 0 bridgehead atoms. The zero-order valence-electron chi connectivity index (χ0n) is 21.4. The minimum absolute atomic E-state index is 0.390. The summed E-state index contributed by atoms with van der Waals surface area (Å²) in [4.78, 5) is 14.9. The van der Waals surface area contributed by atoms with Gasteiger partial charge in [0.1, 0.15) is 11.9 Å². The molecule has 0 saturated carbocycles. The second kappa shape index (κ2) is 9.16. The van der Waals surface area contributed by atoms with Gasteiger partial charge in [0.2, 0.25) is 0 Å². The first-order chi connectivity index (χ1) is 16.4. The van der Waals surface area contributed by atoms with Crippen LogP contribution in [0.25, 0.3) is 0 Å². The molecule has 182 valence electrons. The van der Waals surface area contributed by atoms with Crippen LogP contribution >= 0.6 is 0 Å². The topological polar surface area (TPSA) is 82.4 Å². The predicted octanol–water partition coefficient (Wildman–Crippen LogP) is 3.75. The van der Waals surface area contributed by atoms with Crippen molar-refractivity contribution in [3.05, 3.63) is 88.8 Å². The van der Waals surface area contributed by atoms with E-state index in [1.54, 1.807) is 25.4 Å². The summed E-state index contributed by atoms with van der Waals surface area (Å²) < 4.78 is 0. The smallest absolute Gasteiger partial charge is 0.165 e. The lowest BCUT2D eigenvalue weighted by Crippen LogP contribution is -2.63. The molecule has 4 rings (SSSR count). The molecule has 1 fully saturated rings. The SMILES string of the molecule is Cc1cc([C@@](C)(O)C#Cc2cncc([C@](O)(c3ccc(C(C)C)cc3)C3(C)CN(C)C3)c2)ncn1. The van der Waals surface area contributed by atoms with Gasteiger partial charge in [-0.05, 0) is 50.1 Å². The van der Waals surface area contributed by atoms with Crippen molar-refractivity contribution in [1.29, 1.82) is 0 Å². The molecule has 1 aromatic carbocycles. The van der Waals surface area contributed by atoms with E-state index in [4.69, 9.17) is 0 Å². The normalized spacial score (nSPS) is 18.7. The zero-order chi connectivity index (χ0) is 25.4. The Bertz CT molecular complexity index is 1270. The van der Waals surface area contributed by atoms with E-state index >= 15 is 0 Å². The zero-order valence-corrected chi connectivity index (χ0v) is 21.4. The third-order valence-corrected chi connectivity index (χ3v) is 7.02. The standard InChI is InChI=1S/C29H34N4O2/c1-20(2)23-7-9-24(10-8-23)29(35,27(4)17-33(6)18-27)25-14-22(15-30-16-25)11-12-28(5,34)26-13-21(3)31-19-32-26/h7-10,13-16,19-20,34-35H,17-18H2,1-6H3/t28-,29+/m0/s1. The number of aryl methyl sites for hydroxylation is 1. The van der Waals surface area contributed by atoms with Crippen molar-refractivity contribution in [2.75, 3.05) is 20.1 Å². The lowest BCUT2D eigenvalue weighted by Gasteiger charge is -2.55. The fourth-order valence-corrected chi connectivity index (χ4v) is 5.03. The number of rotatable bonds is 5. The maximum atomic E-state index is 12.4. The molecular weight excluding hydrogens is 436 g/mol. The highest BCUT2D eigenvalue weighted by molar-refractivity contribution is 5.45. The molecule has 3 heterocycles. The van der Waals surface area contributed by atoms with Crippen LogP contribution in [-0.2, 0) is 11.2 Å². The Kier molecular flexibility index (Phi) is 6.54. The first-order valence-corrected chi connectivity index (χ1v) is 12.0. The Morgan fingerprint density at radius 3 is 2.31 bits per heavy atom. The number of hydrogen-bond donors (Lipinski definition) is 2. The summed E-state index contributed by atoms with van der Waals surface area (Å²) in [6.45, 7) is 11.4. The Hall–Kier alpha value is -3.11. The summed E-state index contributed by atoms with van der Waals surface area (Å²) in [7, 11) is 2.06. The first kappa shape index (κ1) is 25.0. The summed E-state index contributed by atoms with van der Waals surface area (Å²) >= 11 is 0. The van der Waals surface area contributed by atoms with Gasteiger partial charge < -0.3 is 15.1 Å². The summed E-state index contributed by atoms with van der Waals surface area (Å²) in [6.07, 6.45) is 4.79. The van der Waals surface area contributed by atoms with Gasteiger partial charge in [0.25, 0.3) is 0 Å². The fourth-order valence-electron chi connectivity index (χ4n) is 5.03. The van der Waals surface area contributed by atoms with E-state index in [-0.39, 0.29) is 0 Å². The largest absolute Gasteiger partial charge is 0.380 e. The lowest BCUT2D eigenvalue weighted by molar-refractivity contribution is -0.127. The highest BCUT2D eigenvalue weighted by atomic mass is 16.3. The molecule has 1 aliphatic heterocycles. The Balaban J connectivity index is 1.75. The quantitative estimate of drug-likeness (QED) is 0.553. The minimum atomic E-state index is -1.45. The molecule has 35 heavy (non-hydrogen) atoms. The summed E-state index contributed by atoms with van der Waals surface area (Å²) in [5.41, 5.74) is 1.48. The van der Waals surface area contributed by atoms with E-state index < -0.39 is 16.6 Å². The van der Waals surface area contributed by atoms with E-state index in [2.05, 4.69) is 71.6 Å². The number of likely N-dealkylation sites (tertiary alicyclic amines) is 1. The van der Waals surface area contributed by atoms with Gasteiger partial charge in [0, 0.05) is 47.7 Å². The van der Waals surface area contributed by atoms with Crippen LogP contribution < -0.4 is 0 Å². The molecule has 1 saturated heterocycles. The molecule has 0 spiro atoms. The van der Waals surface area contributed by atoms with Gasteiger partial charge in [0.15, 0.2) is 5.60 Å². The molecular formula is C29H34N4O2. The van der Waals surface area contributed by atoms with E-state index in [1.165, 1.54) is 11.9 Å². The van der Waals surface area contributed by atoms with Crippen LogP contribution in [0, 0.1) is 24.2 Å². The van der Waals surface area contributed by atoms with Gasteiger partial charge in [-0.25, -0.2) is 9.97 Å². The molecule has 2 atom stereocenters. The van der Waals surface area contributed by atoms with Crippen LogP contribution in [0.1, 0.15) is 67.3 Å². The van der Waals surface area contributed by atoms with E-state index in [0.29, 0.717) is 22.7 Å². The van der Waals surface area contributed by atoms with Gasteiger partial charge in [-0.2, -0.15) is 0 Å². The number of aliphatic hydroxyl groups is 2. The molecule has 0 radical (unpaired) electrons. The van der Waals surface area contributed by atoms with Crippen molar-refractivity contribution < 1.29 is 10.2 Å². The van der Waals surface area contributed by atoms with Crippen LogP contribution in [0.2, 0.25) is 0 Å². The van der Waals surface area contributed by atoms with Gasteiger partial charge >= 0.3 is 0 Å². The summed E-state index contributed by atoms with van der Waals surface area (Å²) in [5, 5.41) is 23.3. The minimum Gasteiger partial charge on any atom is -0.380 e. The van der Waals surface area contributed by atoms with Crippen molar-refractivity contribution in [2.24, 2.45) is 5.41 Å². The van der Waals surface area contributed by atoms with E-state index in [1.807, 2.05) is 25.1 Å². The van der Waals surface area contributed by atoms with Crippen LogP contribution in [-0.4, -0.2) is 50.2 Å². The predicted molar refractivity (Wildman–Crippen MR) is 137 cm³/mol. The van der Waals surface area contributed by atoms with Crippen molar-refractivity contribution in [1.82, 2.24) is 19.9 Å². The van der Waals surface area contributed by atoms with Crippen molar-refractivity contribution in [2.45, 2.75) is 51.7 Å². The second-order valence-corrected chi connectivity index (χ2v) is 10.5. The number of hydrogen-bond acceptors (Lipinski definition) is 6.